The van der Waals surface area contributed by atoms with Crippen molar-refractivity contribution in [2.75, 3.05) is 14.2 Å². The first-order valence-corrected chi connectivity index (χ1v) is 5.38. The van der Waals surface area contributed by atoms with Gasteiger partial charge in [-0.1, -0.05) is 11.2 Å². The van der Waals surface area contributed by atoms with Crippen molar-refractivity contribution < 1.29 is 9.57 Å². The zero-order valence-electron chi connectivity index (χ0n) is 10.2. The Kier molecular flexibility index (Phi) is 3.86. The topological polar surface area (TPSA) is 56.6 Å². The van der Waals surface area contributed by atoms with Crippen LogP contribution in [0.4, 0.5) is 0 Å². The first-order chi connectivity index (χ1) is 8.85. The first-order valence-electron chi connectivity index (χ1n) is 5.38. The van der Waals surface area contributed by atoms with Gasteiger partial charge in [-0.2, -0.15) is 0 Å². The van der Waals surface area contributed by atoms with E-state index < -0.39 is 0 Å². The molecule has 0 N–H and O–H groups in total. The van der Waals surface area contributed by atoms with Gasteiger partial charge < -0.3 is 9.57 Å². The zero-order valence-corrected chi connectivity index (χ0v) is 10.2. The van der Waals surface area contributed by atoms with E-state index in [0.29, 0.717) is 17.1 Å². The van der Waals surface area contributed by atoms with Gasteiger partial charge in [0.05, 0.1) is 24.7 Å². The Morgan fingerprint density at radius 1 is 1.17 bits per heavy atom. The van der Waals surface area contributed by atoms with E-state index in [2.05, 4.69) is 20.0 Å². The molecule has 5 nitrogen and oxygen atoms in total. The Bertz CT molecular complexity index is 541. The van der Waals surface area contributed by atoms with Crippen molar-refractivity contribution in [2.45, 2.75) is 0 Å². The van der Waals surface area contributed by atoms with Crippen LogP contribution < -0.4 is 4.74 Å². The Morgan fingerprint density at radius 3 is 2.72 bits per heavy atom. The molecule has 0 aliphatic heterocycles. The summed E-state index contributed by atoms with van der Waals surface area (Å²) < 4.78 is 5.28. The fourth-order valence-electron chi connectivity index (χ4n) is 1.49. The molecule has 0 atom stereocenters. The molecule has 0 saturated carbocycles. The third-order valence-electron chi connectivity index (χ3n) is 2.30. The smallest absolute Gasteiger partial charge is 0.146 e. The normalized spacial score (nSPS) is 10.6. The van der Waals surface area contributed by atoms with Crippen LogP contribution in [0.3, 0.4) is 0 Å². The average Bonchev–Trinajstić information content (AvgIpc) is 2.45. The van der Waals surface area contributed by atoms with Crippen LogP contribution in [0, 0.1) is 0 Å². The lowest BCUT2D eigenvalue weighted by molar-refractivity contribution is 0.215. The van der Waals surface area contributed by atoms with Gasteiger partial charge in [0, 0.05) is 6.20 Å². The standard InChI is InChI=1S/C13H13N3O2/c1-17-12-7-6-10(9-15-18-2)16-13(12)11-5-3-4-8-14-11/h3-9H,1-2H3/b15-9+. The summed E-state index contributed by atoms with van der Waals surface area (Å²) >= 11 is 0. The summed E-state index contributed by atoms with van der Waals surface area (Å²) in [5.41, 5.74) is 2.11. The number of hydrogen-bond acceptors (Lipinski definition) is 5. The lowest BCUT2D eigenvalue weighted by Crippen LogP contribution is -1.97. The van der Waals surface area contributed by atoms with E-state index in [0.717, 1.165) is 5.69 Å². The average molecular weight is 243 g/mol. The summed E-state index contributed by atoms with van der Waals surface area (Å²) in [6, 6.07) is 9.26. The van der Waals surface area contributed by atoms with Crippen LogP contribution in [0.2, 0.25) is 0 Å². The summed E-state index contributed by atoms with van der Waals surface area (Å²) in [5, 5.41) is 3.68. The number of rotatable bonds is 4. The molecular formula is C13H13N3O2. The SMILES string of the molecule is CO/N=C/c1ccc(OC)c(-c2ccccn2)n1. The van der Waals surface area contributed by atoms with E-state index in [9.17, 15) is 0 Å². The summed E-state index contributed by atoms with van der Waals surface area (Å²) in [4.78, 5) is 13.3. The van der Waals surface area contributed by atoms with Crippen molar-refractivity contribution in [3.05, 3.63) is 42.2 Å². The first kappa shape index (κ1) is 12.0. The number of aromatic nitrogens is 2. The molecule has 5 heteroatoms. The van der Waals surface area contributed by atoms with Crippen LogP contribution in [-0.4, -0.2) is 30.4 Å². The number of methoxy groups -OCH3 is 1. The zero-order chi connectivity index (χ0) is 12.8. The Hall–Kier alpha value is -2.43. The highest BCUT2D eigenvalue weighted by molar-refractivity contribution is 5.78. The minimum absolute atomic E-state index is 0.670. The third kappa shape index (κ3) is 2.63. The Morgan fingerprint density at radius 2 is 2.06 bits per heavy atom. The van der Waals surface area contributed by atoms with Crippen molar-refractivity contribution in [3.8, 4) is 17.1 Å². The highest BCUT2D eigenvalue weighted by Crippen LogP contribution is 2.25. The van der Waals surface area contributed by atoms with E-state index >= 15 is 0 Å². The number of hydrogen-bond donors (Lipinski definition) is 0. The quantitative estimate of drug-likeness (QED) is 0.609. The van der Waals surface area contributed by atoms with Gasteiger partial charge in [0.25, 0.3) is 0 Å². The molecule has 0 bridgehead atoms. The number of nitrogens with zero attached hydrogens (tertiary/aromatic N) is 3. The summed E-state index contributed by atoms with van der Waals surface area (Å²) in [7, 11) is 3.09. The molecule has 0 radical (unpaired) electrons. The van der Waals surface area contributed by atoms with Crippen molar-refractivity contribution in [1.29, 1.82) is 0 Å². The summed E-state index contributed by atoms with van der Waals surface area (Å²) in [6.07, 6.45) is 3.25. The largest absolute Gasteiger partial charge is 0.494 e. The summed E-state index contributed by atoms with van der Waals surface area (Å²) in [6.45, 7) is 0. The molecule has 2 aromatic rings. The lowest BCUT2D eigenvalue weighted by Gasteiger charge is -2.07. The monoisotopic (exact) mass is 243 g/mol. The van der Waals surface area contributed by atoms with Gasteiger partial charge >= 0.3 is 0 Å². The minimum atomic E-state index is 0.670. The third-order valence-corrected chi connectivity index (χ3v) is 2.30. The maximum Gasteiger partial charge on any atom is 0.146 e. The van der Waals surface area contributed by atoms with E-state index in [1.807, 2.05) is 24.3 Å². The van der Waals surface area contributed by atoms with Gasteiger partial charge in [-0.05, 0) is 24.3 Å². The van der Waals surface area contributed by atoms with Crippen LogP contribution in [-0.2, 0) is 4.84 Å². The molecule has 2 rings (SSSR count). The van der Waals surface area contributed by atoms with E-state index in [-0.39, 0.29) is 0 Å². The van der Waals surface area contributed by atoms with Crippen molar-refractivity contribution in [1.82, 2.24) is 9.97 Å². The number of pyridine rings is 2. The second kappa shape index (κ2) is 5.77. The molecule has 2 aromatic heterocycles. The van der Waals surface area contributed by atoms with Crippen LogP contribution in [0.25, 0.3) is 11.4 Å². The number of oxime groups is 1. The predicted molar refractivity (Wildman–Crippen MR) is 68.6 cm³/mol. The number of ether oxygens (including phenoxy) is 1. The Labute approximate surface area is 105 Å². The van der Waals surface area contributed by atoms with Crippen molar-refractivity contribution in [2.24, 2.45) is 5.16 Å². The molecule has 2 heterocycles. The molecule has 0 saturated heterocycles. The van der Waals surface area contributed by atoms with Gasteiger partial charge in [-0.25, -0.2) is 4.98 Å². The van der Waals surface area contributed by atoms with Gasteiger partial charge in [-0.15, -0.1) is 0 Å². The fourth-order valence-corrected chi connectivity index (χ4v) is 1.49. The van der Waals surface area contributed by atoms with E-state index in [1.54, 1.807) is 19.4 Å². The Balaban J connectivity index is 2.46. The van der Waals surface area contributed by atoms with Crippen LogP contribution in [0.5, 0.6) is 5.75 Å². The second-order valence-electron chi connectivity index (χ2n) is 3.42. The fraction of sp³-hybridized carbons (Fsp3) is 0.154. The molecule has 0 unspecified atom stereocenters. The summed E-state index contributed by atoms with van der Waals surface area (Å²) in [5.74, 6) is 0.670. The highest BCUT2D eigenvalue weighted by atomic mass is 16.6. The lowest BCUT2D eigenvalue weighted by atomic mass is 10.2. The van der Waals surface area contributed by atoms with Gasteiger partial charge in [0.1, 0.15) is 18.6 Å². The van der Waals surface area contributed by atoms with Crippen LogP contribution in [0.1, 0.15) is 5.69 Å². The molecule has 0 amide bonds. The molecule has 0 fully saturated rings. The van der Waals surface area contributed by atoms with Crippen molar-refractivity contribution in [3.63, 3.8) is 0 Å². The van der Waals surface area contributed by atoms with E-state index in [1.165, 1.54) is 13.3 Å². The predicted octanol–water partition coefficient (Wildman–Crippen LogP) is 2.13. The molecular weight excluding hydrogens is 230 g/mol. The molecule has 0 aliphatic carbocycles. The van der Waals surface area contributed by atoms with Crippen molar-refractivity contribution >= 4 is 6.21 Å². The molecule has 0 aliphatic rings. The maximum absolute atomic E-state index is 5.28. The second-order valence-corrected chi connectivity index (χ2v) is 3.42. The maximum atomic E-state index is 5.28. The van der Waals surface area contributed by atoms with Gasteiger partial charge in [0.15, 0.2) is 0 Å². The highest BCUT2D eigenvalue weighted by Gasteiger charge is 2.09. The van der Waals surface area contributed by atoms with E-state index in [4.69, 9.17) is 4.74 Å². The minimum Gasteiger partial charge on any atom is -0.494 e. The van der Waals surface area contributed by atoms with Crippen LogP contribution in [0.15, 0.2) is 41.7 Å². The molecule has 0 aromatic carbocycles. The van der Waals surface area contributed by atoms with Gasteiger partial charge in [-0.3, -0.25) is 4.98 Å². The van der Waals surface area contributed by atoms with Crippen LogP contribution >= 0.6 is 0 Å². The molecule has 92 valence electrons. The van der Waals surface area contributed by atoms with Gasteiger partial charge in [0.2, 0.25) is 0 Å². The molecule has 18 heavy (non-hydrogen) atoms. The molecule has 0 spiro atoms.